The zero-order chi connectivity index (χ0) is 17.5. The summed E-state index contributed by atoms with van der Waals surface area (Å²) in [6, 6.07) is 27.1. The van der Waals surface area contributed by atoms with Gasteiger partial charge in [-0.25, -0.2) is 9.48 Å². The van der Waals surface area contributed by atoms with Crippen LogP contribution in [-0.2, 0) is 0 Å². The second-order valence-electron chi connectivity index (χ2n) is 6.07. The minimum absolute atomic E-state index is 0.391. The molecule has 0 aliphatic rings. The van der Waals surface area contributed by atoms with Gasteiger partial charge < -0.3 is 4.42 Å². The molecule has 4 heteroatoms. The highest BCUT2D eigenvalue weighted by molar-refractivity contribution is 6.10. The second kappa shape index (κ2) is 5.70. The summed E-state index contributed by atoms with van der Waals surface area (Å²) in [5.74, 6) is 0. The third-order valence-electron chi connectivity index (χ3n) is 4.49. The van der Waals surface area contributed by atoms with Crippen LogP contribution in [0.3, 0.4) is 0 Å². The monoisotopic (exact) mass is 338 g/mol. The van der Waals surface area contributed by atoms with E-state index in [1.807, 2.05) is 84.9 Å². The van der Waals surface area contributed by atoms with Crippen molar-refractivity contribution in [2.75, 3.05) is 0 Å². The van der Waals surface area contributed by atoms with E-state index in [9.17, 15) is 4.79 Å². The molecule has 124 valence electrons. The van der Waals surface area contributed by atoms with Crippen molar-refractivity contribution in [3.63, 3.8) is 0 Å². The first-order chi connectivity index (χ1) is 12.8. The maximum Gasteiger partial charge on any atom is 0.363 e. The van der Waals surface area contributed by atoms with Crippen LogP contribution >= 0.6 is 0 Å². The van der Waals surface area contributed by atoms with Crippen LogP contribution in [0.15, 0.2) is 94.1 Å². The van der Waals surface area contributed by atoms with E-state index in [1.54, 1.807) is 4.68 Å². The Balaban J connectivity index is 2.00. The average Bonchev–Trinajstić information content (AvgIpc) is 3.11. The Labute approximate surface area is 148 Å². The van der Waals surface area contributed by atoms with Crippen LogP contribution in [-0.4, -0.2) is 9.78 Å². The summed E-state index contributed by atoms with van der Waals surface area (Å²) < 4.78 is 7.25. The summed E-state index contributed by atoms with van der Waals surface area (Å²) in [5.41, 5.74) is 3.18. The fraction of sp³-hybridized carbons (Fsp3) is 0. The van der Waals surface area contributed by atoms with Crippen molar-refractivity contribution in [1.29, 1.82) is 0 Å². The molecule has 0 spiro atoms. The number of rotatable bonds is 2. The quantitative estimate of drug-likeness (QED) is 0.434. The lowest BCUT2D eigenvalue weighted by molar-refractivity contribution is 0.565. The minimum atomic E-state index is -0.391. The molecule has 0 N–H and O–H groups in total. The highest BCUT2D eigenvalue weighted by Gasteiger charge is 2.20. The summed E-state index contributed by atoms with van der Waals surface area (Å²) in [5, 5.41) is 6.49. The van der Waals surface area contributed by atoms with Gasteiger partial charge in [-0.15, -0.1) is 0 Å². The Morgan fingerprint density at radius 1 is 0.769 bits per heavy atom. The zero-order valence-electron chi connectivity index (χ0n) is 13.8. The van der Waals surface area contributed by atoms with Gasteiger partial charge in [-0.2, -0.15) is 5.10 Å². The van der Waals surface area contributed by atoms with E-state index >= 15 is 0 Å². The second-order valence-corrected chi connectivity index (χ2v) is 6.07. The van der Waals surface area contributed by atoms with Gasteiger partial charge in [0.1, 0.15) is 11.3 Å². The van der Waals surface area contributed by atoms with Crippen molar-refractivity contribution in [2.24, 2.45) is 0 Å². The predicted octanol–water partition coefficient (Wildman–Crippen LogP) is 4.80. The fourth-order valence-corrected chi connectivity index (χ4v) is 3.33. The first-order valence-electron chi connectivity index (χ1n) is 8.38. The van der Waals surface area contributed by atoms with Crippen LogP contribution in [0.5, 0.6) is 0 Å². The van der Waals surface area contributed by atoms with Crippen LogP contribution in [0, 0.1) is 0 Å². The van der Waals surface area contributed by atoms with Gasteiger partial charge in [0.15, 0.2) is 5.52 Å². The maximum atomic E-state index is 12.8. The molecule has 3 aromatic carbocycles. The third-order valence-corrected chi connectivity index (χ3v) is 4.49. The van der Waals surface area contributed by atoms with Crippen molar-refractivity contribution >= 4 is 21.9 Å². The number of nitrogens with zero attached hydrogens (tertiary/aromatic N) is 2. The van der Waals surface area contributed by atoms with Gasteiger partial charge in [0.05, 0.1) is 5.69 Å². The molecule has 5 rings (SSSR count). The van der Waals surface area contributed by atoms with Gasteiger partial charge in [-0.3, -0.25) is 0 Å². The molecule has 0 saturated carbocycles. The summed E-state index contributed by atoms with van der Waals surface area (Å²) in [7, 11) is 0. The molecule has 0 saturated heterocycles. The highest BCUT2D eigenvalue weighted by Crippen LogP contribution is 2.33. The van der Waals surface area contributed by atoms with E-state index in [-0.39, 0.29) is 0 Å². The normalized spacial score (nSPS) is 11.2. The third kappa shape index (κ3) is 2.16. The molecule has 0 amide bonds. The molecule has 0 unspecified atom stereocenters. The Morgan fingerprint density at radius 3 is 2.19 bits per heavy atom. The van der Waals surface area contributed by atoms with Crippen molar-refractivity contribution in [3.05, 3.63) is 95.3 Å². The largest absolute Gasteiger partial charge is 0.421 e. The van der Waals surface area contributed by atoms with Crippen LogP contribution in [0.2, 0.25) is 0 Å². The SMILES string of the molecule is O=c1oc2ccccc2c2c(-c3ccccc3)nn(-c3ccccc3)c12. The highest BCUT2D eigenvalue weighted by atomic mass is 16.4. The molecule has 0 aliphatic heterocycles. The van der Waals surface area contributed by atoms with Crippen molar-refractivity contribution in [2.45, 2.75) is 0 Å². The molecule has 2 heterocycles. The maximum absolute atomic E-state index is 12.8. The first kappa shape index (κ1) is 14.7. The molecular formula is C22H14N2O2. The Kier molecular flexibility index (Phi) is 3.22. The molecule has 0 fully saturated rings. The van der Waals surface area contributed by atoms with E-state index in [2.05, 4.69) is 0 Å². The Bertz CT molecular complexity index is 1290. The van der Waals surface area contributed by atoms with Gasteiger partial charge in [0.25, 0.3) is 0 Å². The van der Waals surface area contributed by atoms with Crippen LogP contribution in [0.25, 0.3) is 38.8 Å². The van der Waals surface area contributed by atoms with Gasteiger partial charge in [-0.1, -0.05) is 66.7 Å². The summed E-state index contributed by atoms with van der Waals surface area (Å²) in [6.45, 7) is 0. The lowest BCUT2D eigenvalue weighted by Crippen LogP contribution is -2.06. The molecule has 0 radical (unpaired) electrons. The van der Waals surface area contributed by atoms with E-state index < -0.39 is 5.63 Å². The number of fused-ring (bicyclic) bond motifs is 3. The smallest absolute Gasteiger partial charge is 0.363 e. The molecule has 2 aromatic heterocycles. The van der Waals surface area contributed by atoms with Crippen LogP contribution in [0.1, 0.15) is 0 Å². The van der Waals surface area contributed by atoms with Crippen LogP contribution < -0.4 is 5.63 Å². The summed E-state index contributed by atoms with van der Waals surface area (Å²) >= 11 is 0. The number of para-hydroxylation sites is 2. The van der Waals surface area contributed by atoms with E-state index in [0.717, 1.165) is 27.7 Å². The predicted molar refractivity (Wildman–Crippen MR) is 103 cm³/mol. The van der Waals surface area contributed by atoms with Gasteiger partial charge in [0.2, 0.25) is 0 Å². The number of hydrogen-bond donors (Lipinski definition) is 0. The van der Waals surface area contributed by atoms with Crippen molar-refractivity contribution in [3.8, 4) is 16.9 Å². The van der Waals surface area contributed by atoms with Gasteiger partial charge in [0, 0.05) is 16.3 Å². The lowest BCUT2D eigenvalue weighted by Gasteiger charge is -2.02. The van der Waals surface area contributed by atoms with Gasteiger partial charge in [-0.05, 0) is 18.2 Å². The fourth-order valence-electron chi connectivity index (χ4n) is 3.33. The number of hydrogen-bond acceptors (Lipinski definition) is 3. The zero-order valence-corrected chi connectivity index (χ0v) is 13.8. The number of aromatic nitrogens is 2. The number of benzene rings is 3. The average molecular weight is 338 g/mol. The van der Waals surface area contributed by atoms with E-state index in [4.69, 9.17) is 9.52 Å². The van der Waals surface area contributed by atoms with Crippen molar-refractivity contribution < 1.29 is 4.42 Å². The minimum Gasteiger partial charge on any atom is -0.421 e. The van der Waals surface area contributed by atoms with E-state index in [1.165, 1.54) is 0 Å². The molecule has 4 nitrogen and oxygen atoms in total. The Morgan fingerprint density at radius 2 is 1.42 bits per heavy atom. The molecule has 0 bridgehead atoms. The molecular weight excluding hydrogens is 324 g/mol. The molecule has 0 aliphatic carbocycles. The Hall–Kier alpha value is -3.66. The topological polar surface area (TPSA) is 48.0 Å². The molecule has 5 aromatic rings. The van der Waals surface area contributed by atoms with Gasteiger partial charge >= 0.3 is 5.63 Å². The van der Waals surface area contributed by atoms with Crippen LogP contribution in [0.4, 0.5) is 0 Å². The molecule has 26 heavy (non-hydrogen) atoms. The van der Waals surface area contributed by atoms with Crippen molar-refractivity contribution in [1.82, 2.24) is 9.78 Å². The van der Waals surface area contributed by atoms with E-state index in [0.29, 0.717) is 11.1 Å². The summed E-state index contributed by atoms with van der Waals surface area (Å²) in [6.07, 6.45) is 0. The lowest BCUT2D eigenvalue weighted by atomic mass is 10.1. The summed E-state index contributed by atoms with van der Waals surface area (Å²) in [4.78, 5) is 12.8. The standard InChI is InChI=1S/C22H14N2O2/c25-22-21-19(17-13-7-8-14-18(17)26-22)20(15-9-3-1-4-10-15)23-24(21)16-11-5-2-6-12-16/h1-14H. The first-order valence-corrected chi connectivity index (χ1v) is 8.38. The molecule has 0 atom stereocenters.